The Labute approximate surface area is 245 Å². The smallest absolute Gasteiger partial charge is 0.329 e. The number of hydrogen-bond acceptors (Lipinski definition) is 7. The van der Waals surface area contributed by atoms with Gasteiger partial charge in [0.25, 0.3) is 0 Å². The van der Waals surface area contributed by atoms with Crippen molar-refractivity contribution in [3.8, 4) is 0 Å². The van der Waals surface area contributed by atoms with Gasteiger partial charge < -0.3 is 19.5 Å². The van der Waals surface area contributed by atoms with Crippen LogP contribution in [0, 0.1) is 11.8 Å². The summed E-state index contributed by atoms with van der Waals surface area (Å²) in [5, 5.41) is 11.2. The first-order chi connectivity index (χ1) is 19.4. The zero-order chi connectivity index (χ0) is 30.2. The standard InChI is InChI=1S/C33H51NO7/c1-6-25(35)20-29(36)33(5)21-24(4)28-18-17-26(40-28)14-11-13-23(3)31(38)22(2)12-7-8-16-30(37)34-19-10-9-15-27(34)32(39)41-33/h8,13,16,22,24,26-29,36H,6-7,9-12,14-15,17-21H2,1-5H3/t22?,24?,26?,27-,28?,29?,33?/m0/s1. The number of allylic oxidation sites excluding steroid dienone is 3. The molecule has 7 atom stereocenters. The van der Waals surface area contributed by atoms with Crippen LogP contribution >= 0.6 is 0 Å². The van der Waals surface area contributed by atoms with Crippen LogP contribution < -0.4 is 0 Å². The second kappa shape index (κ2) is 15.2. The van der Waals surface area contributed by atoms with E-state index in [1.54, 1.807) is 24.8 Å². The number of amides is 1. The fourth-order valence-electron chi connectivity index (χ4n) is 6.43. The van der Waals surface area contributed by atoms with Gasteiger partial charge in [0.1, 0.15) is 23.5 Å². The summed E-state index contributed by atoms with van der Waals surface area (Å²) in [5.41, 5.74) is -0.538. The molecule has 0 aromatic carbocycles. The maximum Gasteiger partial charge on any atom is 0.329 e. The highest BCUT2D eigenvalue weighted by molar-refractivity contribution is 5.96. The van der Waals surface area contributed by atoms with Gasteiger partial charge >= 0.3 is 5.97 Å². The lowest BCUT2D eigenvalue weighted by molar-refractivity contribution is -0.185. The number of piperidine rings is 1. The predicted molar refractivity (Wildman–Crippen MR) is 157 cm³/mol. The van der Waals surface area contributed by atoms with Gasteiger partial charge in [0, 0.05) is 25.3 Å². The second-order valence-electron chi connectivity index (χ2n) is 12.7. The topological polar surface area (TPSA) is 110 Å². The molecular weight excluding hydrogens is 522 g/mol. The molecule has 41 heavy (non-hydrogen) atoms. The molecule has 0 radical (unpaired) electrons. The van der Waals surface area contributed by atoms with Crippen LogP contribution in [0.4, 0.5) is 0 Å². The SMILES string of the molecule is CCC(=O)CC(O)C1(C)CC(C)C2CCC(CCC=C(C)C(=O)C(C)CCC=CC(=O)N3CCCC[C@H]3C(=O)O1)O2. The van der Waals surface area contributed by atoms with E-state index >= 15 is 0 Å². The molecule has 8 nitrogen and oxygen atoms in total. The summed E-state index contributed by atoms with van der Waals surface area (Å²) in [6.07, 6.45) is 11.3. The van der Waals surface area contributed by atoms with Crippen molar-refractivity contribution in [3.05, 3.63) is 23.8 Å². The first kappa shape index (κ1) is 33.2. The minimum Gasteiger partial charge on any atom is -0.455 e. The van der Waals surface area contributed by atoms with Crippen molar-refractivity contribution in [2.75, 3.05) is 6.54 Å². The van der Waals surface area contributed by atoms with Crippen molar-refractivity contribution < 1.29 is 33.8 Å². The molecule has 0 aliphatic carbocycles. The number of aliphatic hydroxyl groups excluding tert-OH is 1. The minimum absolute atomic E-state index is 0.0370. The van der Waals surface area contributed by atoms with Gasteiger partial charge in [0.15, 0.2) is 5.78 Å². The molecule has 0 saturated carbocycles. The average Bonchev–Trinajstić information content (AvgIpc) is 3.43. The van der Waals surface area contributed by atoms with Crippen molar-refractivity contribution in [2.24, 2.45) is 11.8 Å². The summed E-state index contributed by atoms with van der Waals surface area (Å²) >= 11 is 0. The number of nitrogens with zero attached hydrogens (tertiary/aromatic N) is 1. The van der Waals surface area contributed by atoms with Gasteiger partial charge in [-0.2, -0.15) is 0 Å². The molecule has 0 spiro atoms. The van der Waals surface area contributed by atoms with Crippen molar-refractivity contribution in [2.45, 2.75) is 142 Å². The van der Waals surface area contributed by atoms with E-state index in [1.165, 1.54) is 6.08 Å². The van der Waals surface area contributed by atoms with Gasteiger partial charge in [0.05, 0.1) is 12.2 Å². The molecule has 3 aliphatic heterocycles. The fraction of sp³-hybridized carbons (Fsp3) is 0.758. The molecule has 6 unspecified atom stereocenters. The molecular formula is C33H51NO7. The maximum absolute atomic E-state index is 13.6. The predicted octanol–water partition coefficient (Wildman–Crippen LogP) is 5.26. The van der Waals surface area contributed by atoms with Crippen molar-refractivity contribution >= 4 is 23.4 Å². The fourth-order valence-corrected chi connectivity index (χ4v) is 6.43. The van der Waals surface area contributed by atoms with Crippen LogP contribution in [0.5, 0.6) is 0 Å². The average molecular weight is 574 g/mol. The number of carbonyl (C=O) groups excluding carboxylic acids is 4. The van der Waals surface area contributed by atoms with Crippen LogP contribution in [0.1, 0.15) is 112 Å². The number of hydrogen-bond donors (Lipinski definition) is 1. The van der Waals surface area contributed by atoms with E-state index in [-0.39, 0.29) is 47.9 Å². The molecule has 230 valence electrons. The van der Waals surface area contributed by atoms with Gasteiger partial charge in [-0.05, 0) is 95.6 Å². The molecule has 1 N–H and O–H groups in total. The summed E-state index contributed by atoms with van der Waals surface area (Å²) in [6, 6.07) is -0.751. The lowest BCUT2D eigenvalue weighted by atomic mass is 9.82. The van der Waals surface area contributed by atoms with Crippen molar-refractivity contribution in [1.82, 2.24) is 4.90 Å². The third kappa shape index (κ3) is 9.08. The van der Waals surface area contributed by atoms with Crippen LogP contribution in [0.15, 0.2) is 23.8 Å². The number of rotatable bonds is 4. The minimum atomic E-state index is -1.31. The van der Waals surface area contributed by atoms with E-state index < -0.39 is 23.7 Å². The van der Waals surface area contributed by atoms with Crippen molar-refractivity contribution in [3.63, 3.8) is 0 Å². The number of carbonyl (C=O) groups is 4. The zero-order valence-electron chi connectivity index (χ0n) is 25.7. The summed E-state index contributed by atoms with van der Waals surface area (Å²) in [4.78, 5) is 53.5. The molecule has 3 rings (SSSR count). The molecule has 0 aromatic rings. The number of aliphatic hydroxyl groups is 1. The number of ether oxygens (including phenoxy) is 2. The second-order valence-corrected chi connectivity index (χ2v) is 12.7. The number of esters is 1. The number of fused-ring (bicyclic) bond motifs is 3. The van der Waals surface area contributed by atoms with Crippen molar-refractivity contribution in [1.29, 1.82) is 0 Å². The van der Waals surface area contributed by atoms with E-state index in [0.717, 1.165) is 44.1 Å². The van der Waals surface area contributed by atoms with E-state index in [2.05, 4.69) is 0 Å². The Morgan fingerprint density at radius 3 is 2.59 bits per heavy atom. The monoisotopic (exact) mass is 573 g/mol. The lowest BCUT2D eigenvalue weighted by Gasteiger charge is -2.40. The Kier molecular flexibility index (Phi) is 12.3. The van der Waals surface area contributed by atoms with Crippen LogP contribution in [0.3, 0.4) is 0 Å². The molecule has 1 amide bonds. The Hall–Kier alpha value is -2.32. The number of ketones is 2. The first-order valence-electron chi connectivity index (χ1n) is 15.7. The van der Waals surface area contributed by atoms with Crippen LogP contribution in [-0.4, -0.2) is 69.9 Å². The summed E-state index contributed by atoms with van der Waals surface area (Å²) in [6.45, 7) is 9.74. The molecule has 2 fully saturated rings. The van der Waals surface area contributed by atoms with Crippen LogP contribution in [0.25, 0.3) is 0 Å². The maximum atomic E-state index is 13.6. The first-order valence-corrected chi connectivity index (χ1v) is 15.7. The summed E-state index contributed by atoms with van der Waals surface area (Å²) in [7, 11) is 0. The third-order valence-corrected chi connectivity index (χ3v) is 9.22. The molecule has 0 aromatic heterocycles. The summed E-state index contributed by atoms with van der Waals surface area (Å²) < 4.78 is 12.5. The van der Waals surface area contributed by atoms with Gasteiger partial charge in [-0.15, -0.1) is 0 Å². The largest absolute Gasteiger partial charge is 0.455 e. The summed E-state index contributed by atoms with van der Waals surface area (Å²) in [5.74, 6) is -0.944. The molecule has 3 heterocycles. The van der Waals surface area contributed by atoms with Crippen LogP contribution in [-0.2, 0) is 28.7 Å². The molecule has 2 bridgehead atoms. The highest BCUT2D eigenvalue weighted by Crippen LogP contribution is 2.36. The molecule has 8 heteroatoms. The Balaban J connectivity index is 1.88. The van der Waals surface area contributed by atoms with E-state index in [4.69, 9.17) is 9.47 Å². The lowest BCUT2D eigenvalue weighted by Crippen LogP contribution is -2.53. The van der Waals surface area contributed by atoms with E-state index in [0.29, 0.717) is 38.6 Å². The number of Topliss-reactive ketones (excluding diaryl/α,β-unsaturated/α-hetero) is 2. The van der Waals surface area contributed by atoms with E-state index in [1.807, 2.05) is 26.8 Å². The number of cyclic esters (lactones) is 1. The Morgan fingerprint density at radius 1 is 1.10 bits per heavy atom. The quantitative estimate of drug-likeness (QED) is 0.457. The molecule has 2 saturated heterocycles. The Morgan fingerprint density at radius 2 is 1.85 bits per heavy atom. The zero-order valence-corrected chi connectivity index (χ0v) is 25.7. The Bertz CT molecular complexity index is 1000. The highest BCUT2D eigenvalue weighted by atomic mass is 16.6. The molecule has 3 aliphatic rings. The van der Waals surface area contributed by atoms with E-state index in [9.17, 15) is 24.3 Å². The van der Waals surface area contributed by atoms with Gasteiger partial charge in [-0.3, -0.25) is 14.4 Å². The van der Waals surface area contributed by atoms with Gasteiger partial charge in [-0.25, -0.2) is 4.79 Å². The van der Waals surface area contributed by atoms with Gasteiger partial charge in [-0.1, -0.05) is 32.9 Å². The normalized spacial score (nSPS) is 33.8. The highest BCUT2D eigenvalue weighted by Gasteiger charge is 2.44. The van der Waals surface area contributed by atoms with Crippen LogP contribution in [0.2, 0.25) is 0 Å². The third-order valence-electron chi connectivity index (χ3n) is 9.22. The van der Waals surface area contributed by atoms with Gasteiger partial charge in [0.2, 0.25) is 5.91 Å².